The van der Waals surface area contributed by atoms with Crippen molar-refractivity contribution in [3.63, 3.8) is 0 Å². The first kappa shape index (κ1) is 18.0. The summed E-state index contributed by atoms with van der Waals surface area (Å²) < 4.78 is 5.38. The lowest BCUT2D eigenvalue weighted by atomic mass is 10.1. The smallest absolute Gasteiger partial charge is 0.229 e. The van der Waals surface area contributed by atoms with Crippen LogP contribution in [-0.4, -0.2) is 23.6 Å². The summed E-state index contributed by atoms with van der Waals surface area (Å²) in [6, 6.07) is 15.5. The molecule has 0 aliphatic rings. The fourth-order valence-corrected chi connectivity index (χ4v) is 2.77. The summed E-state index contributed by atoms with van der Waals surface area (Å²) in [4.78, 5) is 8.78. The number of aryl methyl sites for hydroxylation is 1. The normalized spacial score (nSPS) is 10.4. The Morgan fingerprint density at radius 1 is 1.12 bits per heavy atom. The Kier molecular flexibility index (Phi) is 5.92. The second-order valence-corrected chi connectivity index (χ2v) is 6.27. The van der Waals surface area contributed by atoms with Crippen LogP contribution in [0.4, 0.5) is 17.5 Å². The lowest BCUT2D eigenvalue weighted by Crippen LogP contribution is -2.08. The van der Waals surface area contributed by atoms with Gasteiger partial charge in [-0.15, -0.1) is 0 Å². The summed E-state index contributed by atoms with van der Waals surface area (Å²) in [5.41, 5.74) is 3.13. The minimum atomic E-state index is 0.526. The summed E-state index contributed by atoms with van der Waals surface area (Å²) in [6.45, 7) is 2.75. The van der Waals surface area contributed by atoms with Gasteiger partial charge < -0.3 is 15.4 Å². The number of anilines is 3. The van der Waals surface area contributed by atoms with Gasteiger partial charge in [0.05, 0.1) is 7.11 Å². The van der Waals surface area contributed by atoms with Crippen molar-refractivity contribution in [2.24, 2.45) is 0 Å². The number of nitrogens with one attached hydrogen (secondary N) is 2. The van der Waals surface area contributed by atoms with E-state index in [0.717, 1.165) is 41.3 Å². The molecule has 2 N–H and O–H groups in total. The van der Waals surface area contributed by atoms with Crippen molar-refractivity contribution in [2.75, 3.05) is 24.3 Å². The molecule has 0 unspecified atom stereocenters. The maximum Gasteiger partial charge on any atom is 0.229 e. The highest BCUT2D eigenvalue weighted by Crippen LogP contribution is 2.23. The monoisotopic (exact) mass is 368 g/mol. The highest BCUT2D eigenvalue weighted by Gasteiger charge is 2.05. The van der Waals surface area contributed by atoms with Crippen LogP contribution in [0.15, 0.2) is 54.7 Å². The molecule has 0 spiro atoms. The fraction of sp³-hybridized carbons (Fsp3) is 0.200. The van der Waals surface area contributed by atoms with Gasteiger partial charge in [-0.05, 0) is 48.7 Å². The van der Waals surface area contributed by atoms with E-state index >= 15 is 0 Å². The van der Waals surface area contributed by atoms with Crippen LogP contribution in [0.1, 0.15) is 11.1 Å². The summed E-state index contributed by atoms with van der Waals surface area (Å²) in [5, 5.41) is 7.21. The molecule has 6 heteroatoms. The summed E-state index contributed by atoms with van der Waals surface area (Å²) in [6.07, 6.45) is 2.56. The summed E-state index contributed by atoms with van der Waals surface area (Å²) >= 11 is 6.06. The van der Waals surface area contributed by atoms with E-state index < -0.39 is 0 Å². The third-order valence-electron chi connectivity index (χ3n) is 3.99. The van der Waals surface area contributed by atoms with Crippen LogP contribution in [0.25, 0.3) is 0 Å². The van der Waals surface area contributed by atoms with Crippen LogP contribution in [-0.2, 0) is 6.42 Å². The van der Waals surface area contributed by atoms with Gasteiger partial charge in [0, 0.05) is 23.5 Å². The predicted molar refractivity (Wildman–Crippen MR) is 107 cm³/mol. The number of nitrogens with zero attached hydrogens (tertiary/aromatic N) is 2. The Balaban J connectivity index is 1.63. The Bertz CT molecular complexity index is 885. The second-order valence-electron chi connectivity index (χ2n) is 5.84. The Morgan fingerprint density at radius 3 is 2.81 bits per heavy atom. The lowest BCUT2D eigenvalue weighted by Gasteiger charge is -2.11. The van der Waals surface area contributed by atoms with Gasteiger partial charge in [-0.2, -0.15) is 4.98 Å². The zero-order valence-electron chi connectivity index (χ0n) is 14.8. The molecular weight excluding hydrogens is 348 g/mol. The molecule has 134 valence electrons. The van der Waals surface area contributed by atoms with E-state index in [0.29, 0.717) is 11.0 Å². The molecule has 0 radical (unpaired) electrons. The second kappa shape index (κ2) is 8.54. The number of aromatic nitrogens is 2. The molecule has 0 saturated heterocycles. The van der Waals surface area contributed by atoms with Crippen molar-refractivity contribution >= 4 is 29.1 Å². The molecule has 0 aliphatic heterocycles. The molecule has 0 atom stereocenters. The minimum Gasteiger partial charge on any atom is -0.496 e. The quantitative estimate of drug-likeness (QED) is 0.624. The molecule has 0 fully saturated rings. The van der Waals surface area contributed by atoms with Crippen LogP contribution in [0.3, 0.4) is 0 Å². The highest BCUT2D eigenvalue weighted by molar-refractivity contribution is 6.30. The lowest BCUT2D eigenvalue weighted by molar-refractivity contribution is 0.410. The molecule has 1 aromatic heterocycles. The van der Waals surface area contributed by atoms with E-state index in [1.807, 2.05) is 49.4 Å². The van der Waals surface area contributed by atoms with Gasteiger partial charge in [0.25, 0.3) is 0 Å². The van der Waals surface area contributed by atoms with Crippen LogP contribution < -0.4 is 15.4 Å². The van der Waals surface area contributed by atoms with E-state index in [4.69, 9.17) is 16.3 Å². The van der Waals surface area contributed by atoms with Crippen molar-refractivity contribution in [2.45, 2.75) is 13.3 Å². The fourth-order valence-electron chi connectivity index (χ4n) is 2.60. The first-order valence-corrected chi connectivity index (χ1v) is 8.75. The molecule has 0 aliphatic carbocycles. The Morgan fingerprint density at radius 2 is 1.96 bits per heavy atom. The van der Waals surface area contributed by atoms with Crippen molar-refractivity contribution in [3.05, 3.63) is 70.9 Å². The third kappa shape index (κ3) is 4.64. The van der Waals surface area contributed by atoms with E-state index in [2.05, 4.69) is 26.7 Å². The van der Waals surface area contributed by atoms with E-state index in [9.17, 15) is 0 Å². The average molecular weight is 369 g/mol. The zero-order chi connectivity index (χ0) is 18.4. The van der Waals surface area contributed by atoms with Crippen molar-refractivity contribution in [1.82, 2.24) is 9.97 Å². The van der Waals surface area contributed by atoms with Crippen LogP contribution in [0.2, 0.25) is 5.02 Å². The molecule has 1 heterocycles. The zero-order valence-corrected chi connectivity index (χ0v) is 15.5. The number of para-hydroxylation sites is 1. The summed E-state index contributed by atoms with van der Waals surface area (Å²) in [5.74, 6) is 2.19. The molecule has 0 amide bonds. The SMILES string of the molecule is COc1ccccc1CCNc1ccnc(Nc2cc(Cl)ccc2C)n1. The van der Waals surface area contributed by atoms with Gasteiger partial charge in [0.15, 0.2) is 0 Å². The van der Waals surface area contributed by atoms with E-state index in [1.54, 1.807) is 13.3 Å². The molecule has 5 nitrogen and oxygen atoms in total. The topological polar surface area (TPSA) is 59.1 Å². The first-order chi connectivity index (χ1) is 12.7. The van der Waals surface area contributed by atoms with Gasteiger partial charge >= 0.3 is 0 Å². The number of halogens is 1. The predicted octanol–water partition coefficient (Wildman–Crippen LogP) is 4.85. The van der Waals surface area contributed by atoms with Crippen molar-refractivity contribution in [1.29, 1.82) is 0 Å². The van der Waals surface area contributed by atoms with Gasteiger partial charge in [0.2, 0.25) is 5.95 Å². The van der Waals surface area contributed by atoms with Crippen LogP contribution in [0, 0.1) is 6.92 Å². The van der Waals surface area contributed by atoms with Crippen molar-refractivity contribution in [3.8, 4) is 5.75 Å². The van der Waals surface area contributed by atoms with Crippen LogP contribution >= 0.6 is 11.6 Å². The molecule has 0 saturated carbocycles. The number of ether oxygens (including phenoxy) is 1. The molecule has 3 aromatic rings. The first-order valence-electron chi connectivity index (χ1n) is 8.37. The van der Waals surface area contributed by atoms with Gasteiger partial charge in [-0.3, -0.25) is 0 Å². The van der Waals surface area contributed by atoms with E-state index in [-0.39, 0.29) is 0 Å². The number of hydrogen-bond donors (Lipinski definition) is 2. The molecular formula is C20H21ClN4O. The number of rotatable bonds is 7. The van der Waals surface area contributed by atoms with Gasteiger partial charge in [-0.1, -0.05) is 35.9 Å². The molecule has 3 rings (SSSR count). The average Bonchev–Trinajstić information content (AvgIpc) is 2.65. The van der Waals surface area contributed by atoms with Gasteiger partial charge in [0.1, 0.15) is 11.6 Å². The highest BCUT2D eigenvalue weighted by atomic mass is 35.5. The Labute approximate surface area is 158 Å². The van der Waals surface area contributed by atoms with Crippen molar-refractivity contribution < 1.29 is 4.74 Å². The maximum absolute atomic E-state index is 6.06. The largest absolute Gasteiger partial charge is 0.496 e. The Hall–Kier alpha value is -2.79. The molecule has 0 bridgehead atoms. The number of hydrogen-bond acceptors (Lipinski definition) is 5. The summed E-state index contributed by atoms with van der Waals surface area (Å²) in [7, 11) is 1.69. The minimum absolute atomic E-state index is 0.526. The standard InChI is InChI=1S/C20H21ClN4O/c1-14-7-8-16(21)13-17(14)24-20-23-12-10-19(25-20)22-11-9-15-5-3-4-6-18(15)26-2/h3-8,10,12-13H,9,11H2,1-2H3,(H2,22,23,24,25). The molecule has 26 heavy (non-hydrogen) atoms. The number of methoxy groups -OCH3 is 1. The maximum atomic E-state index is 6.06. The van der Waals surface area contributed by atoms with Crippen LogP contribution in [0.5, 0.6) is 5.75 Å². The third-order valence-corrected chi connectivity index (χ3v) is 4.23. The van der Waals surface area contributed by atoms with E-state index in [1.165, 1.54) is 0 Å². The van der Waals surface area contributed by atoms with Gasteiger partial charge in [-0.25, -0.2) is 4.98 Å². The molecule has 2 aromatic carbocycles. The number of benzene rings is 2.